The Bertz CT molecular complexity index is 564. The van der Waals surface area contributed by atoms with E-state index >= 15 is 0 Å². The lowest BCUT2D eigenvalue weighted by atomic mass is 10.1. The summed E-state index contributed by atoms with van der Waals surface area (Å²) in [4.78, 5) is 4.48. The van der Waals surface area contributed by atoms with E-state index in [9.17, 15) is 0 Å². The number of nitrogens with zero attached hydrogens (tertiary/aromatic N) is 1. The SMILES string of the molecule is ClCc1csc(-c2ccc(COCC3CCOC3)cc2)n1. The number of aromatic nitrogens is 1. The number of ether oxygens (including phenoxy) is 2. The molecule has 3 nitrogen and oxygen atoms in total. The minimum absolute atomic E-state index is 0.466. The molecule has 0 aliphatic carbocycles. The van der Waals surface area contributed by atoms with Crippen LogP contribution < -0.4 is 0 Å². The molecule has 112 valence electrons. The van der Waals surface area contributed by atoms with Crippen molar-refractivity contribution in [3.8, 4) is 10.6 Å². The Morgan fingerprint density at radius 1 is 1.33 bits per heavy atom. The number of benzene rings is 1. The average Bonchev–Trinajstić information content (AvgIpc) is 3.19. The van der Waals surface area contributed by atoms with Gasteiger partial charge in [0.1, 0.15) is 5.01 Å². The molecule has 5 heteroatoms. The van der Waals surface area contributed by atoms with Gasteiger partial charge >= 0.3 is 0 Å². The van der Waals surface area contributed by atoms with E-state index in [2.05, 4.69) is 29.2 Å². The largest absolute Gasteiger partial charge is 0.381 e. The van der Waals surface area contributed by atoms with E-state index in [0.717, 1.165) is 42.5 Å². The van der Waals surface area contributed by atoms with Gasteiger partial charge in [-0.25, -0.2) is 4.98 Å². The van der Waals surface area contributed by atoms with Crippen LogP contribution in [0, 0.1) is 5.92 Å². The molecule has 3 rings (SSSR count). The minimum atomic E-state index is 0.466. The van der Waals surface area contributed by atoms with Gasteiger partial charge in [0, 0.05) is 23.5 Å². The minimum Gasteiger partial charge on any atom is -0.381 e. The molecule has 0 amide bonds. The highest BCUT2D eigenvalue weighted by Gasteiger charge is 2.15. The lowest BCUT2D eigenvalue weighted by Gasteiger charge is -2.09. The monoisotopic (exact) mass is 323 g/mol. The maximum atomic E-state index is 5.78. The van der Waals surface area contributed by atoms with Crippen molar-refractivity contribution in [3.05, 3.63) is 40.9 Å². The van der Waals surface area contributed by atoms with Gasteiger partial charge in [0.2, 0.25) is 0 Å². The highest BCUT2D eigenvalue weighted by atomic mass is 35.5. The summed E-state index contributed by atoms with van der Waals surface area (Å²) in [6.45, 7) is 3.15. The predicted molar refractivity (Wildman–Crippen MR) is 85.7 cm³/mol. The van der Waals surface area contributed by atoms with E-state index in [1.807, 2.05) is 5.38 Å². The van der Waals surface area contributed by atoms with Crippen LogP contribution in [0.25, 0.3) is 10.6 Å². The molecule has 1 saturated heterocycles. The molecular weight excluding hydrogens is 306 g/mol. The van der Waals surface area contributed by atoms with Crippen LogP contribution in [-0.4, -0.2) is 24.8 Å². The van der Waals surface area contributed by atoms with Crippen molar-refractivity contribution in [1.82, 2.24) is 4.98 Å². The van der Waals surface area contributed by atoms with Gasteiger partial charge in [0.25, 0.3) is 0 Å². The molecule has 0 bridgehead atoms. The molecule has 2 heterocycles. The van der Waals surface area contributed by atoms with Crippen LogP contribution in [0.1, 0.15) is 17.7 Å². The summed E-state index contributed by atoms with van der Waals surface area (Å²) in [6.07, 6.45) is 1.12. The Labute approximate surface area is 133 Å². The molecule has 21 heavy (non-hydrogen) atoms. The smallest absolute Gasteiger partial charge is 0.123 e. The standard InChI is InChI=1S/C16H18ClNO2S/c17-7-15-11-21-16(18-15)14-3-1-12(2-4-14)8-20-10-13-5-6-19-9-13/h1-4,11,13H,5-10H2. The van der Waals surface area contributed by atoms with Crippen molar-refractivity contribution in [2.45, 2.75) is 18.9 Å². The second kappa shape index (κ2) is 7.36. The van der Waals surface area contributed by atoms with Gasteiger partial charge in [-0.1, -0.05) is 24.3 Å². The lowest BCUT2D eigenvalue weighted by Crippen LogP contribution is -2.09. The van der Waals surface area contributed by atoms with Crippen LogP contribution in [0.5, 0.6) is 0 Å². The molecule has 1 aromatic carbocycles. The Morgan fingerprint density at radius 3 is 2.86 bits per heavy atom. The summed E-state index contributed by atoms with van der Waals surface area (Å²) in [7, 11) is 0. The number of hydrogen-bond donors (Lipinski definition) is 0. The maximum absolute atomic E-state index is 5.78. The van der Waals surface area contributed by atoms with Crippen molar-refractivity contribution in [2.75, 3.05) is 19.8 Å². The number of thiazole rings is 1. The van der Waals surface area contributed by atoms with Crippen LogP contribution >= 0.6 is 22.9 Å². The highest BCUT2D eigenvalue weighted by molar-refractivity contribution is 7.13. The van der Waals surface area contributed by atoms with Gasteiger partial charge in [-0.3, -0.25) is 0 Å². The first kappa shape index (κ1) is 15.0. The number of halogens is 1. The molecule has 0 N–H and O–H groups in total. The topological polar surface area (TPSA) is 31.4 Å². The van der Waals surface area contributed by atoms with Gasteiger partial charge in [-0.05, 0) is 12.0 Å². The van der Waals surface area contributed by atoms with E-state index in [0.29, 0.717) is 18.4 Å². The lowest BCUT2D eigenvalue weighted by molar-refractivity contribution is 0.0791. The van der Waals surface area contributed by atoms with E-state index in [1.165, 1.54) is 5.56 Å². The fourth-order valence-electron chi connectivity index (χ4n) is 2.30. The Morgan fingerprint density at radius 2 is 2.19 bits per heavy atom. The van der Waals surface area contributed by atoms with Crippen LogP contribution in [0.2, 0.25) is 0 Å². The van der Waals surface area contributed by atoms with Crippen molar-refractivity contribution in [2.24, 2.45) is 5.92 Å². The molecule has 1 atom stereocenters. The summed E-state index contributed by atoms with van der Waals surface area (Å²) in [6, 6.07) is 8.38. The van der Waals surface area contributed by atoms with Crippen LogP contribution in [-0.2, 0) is 22.0 Å². The predicted octanol–water partition coefficient (Wildman–Crippen LogP) is 4.10. The van der Waals surface area contributed by atoms with E-state index < -0.39 is 0 Å². The fourth-order valence-corrected chi connectivity index (χ4v) is 3.36. The number of rotatable bonds is 6. The second-order valence-corrected chi connectivity index (χ2v) is 6.34. The first-order valence-corrected chi connectivity index (χ1v) is 8.52. The molecule has 0 radical (unpaired) electrons. The number of alkyl halides is 1. The third kappa shape index (κ3) is 4.04. The molecule has 1 aliphatic rings. The molecule has 1 aliphatic heterocycles. The second-order valence-electron chi connectivity index (χ2n) is 5.22. The van der Waals surface area contributed by atoms with E-state index in [4.69, 9.17) is 21.1 Å². The van der Waals surface area contributed by atoms with Crippen LogP contribution in [0.4, 0.5) is 0 Å². The van der Waals surface area contributed by atoms with Crippen LogP contribution in [0.15, 0.2) is 29.6 Å². The third-order valence-corrected chi connectivity index (χ3v) is 4.75. The molecule has 1 unspecified atom stereocenters. The average molecular weight is 324 g/mol. The normalized spacial score (nSPS) is 18.2. The molecular formula is C16H18ClNO2S. The van der Waals surface area contributed by atoms with Gasteiger partial charge in [-0.15, -0.1) is 22.9 Å². The summed E-state index contributed by atoms with van der Waals surface area (Å²) in [5.74, 6) is 1.03. The van der Waals surface area contributed by atoms with Crippen LogP contribution in [0.3, 0.4) is 0 Å². The summed E-state index contributed by atoms with van der Waals surface area (Å²) < 4.78 is 11.1. The quantitative estimate of drug-likeness (QED) is 0.750. The Kier molecular flexibility index (Phi) is 5.25. The summed E-state index contributed by atoms with van der Waals surface area (Å²) in [5, 5.41) is 3.02. The first-order chi connectivity index (χ1) is 10.3. The van der Waals surface area contributed by atoms with Gasteiger partial charge in [-0.2, -0.15) is 0 Å². The van der Waals surface area contributed by atoms with Gasteiger partial charge < -0.3 is 9.47 Å². The van der Waals surface area contributed by atoms with Gasteiger partial charge in [0.05, 0.1) is 31.4 Å². The number of hydrogen-bond acceptors (Lipinski definition) is 4. The molecule has 1 aromatic heterocycles. The zero-order chi connectivity index (χ0) is 14.5. The van der Waals surface area contributed by atoms with Crippen molar-refractivity contribution < 1.29 is 9.47 Å². The van der Waals surface area contributed by atoms with E-state index in [-0.39, 0.29) is 0 Å². The fraction of sp³-hybridized carbons (Fsp3) is 0.438. The Balaban J connectivity index is 1.53. The molecule has 0 spiro atoms. The van der Waals surface area contributed by atoms with Crippen molar-refractivity contribution >= 4 is 22.9 Å². The molecule has 0 saturated carbocycles. The molecule has 1 fully saturated rings. The third-order valence-electron chi connectivity index (χ3n) is 3.54. The zero-order valence-corrected chi connectivity index (χ0v) is 13.3. The highest BCUT2D eigenvalue weighted by Crippen LogP contribution is 2.25. The van der Waals surface area contributed by atoms with Crippen molar-refractivity contribution in [3.63, 3.8) is 0 Å². The van der Waals surface area contributed by atoms with Crippen molar-refractivity contribution in [1.29, 1.82) is 0 Å². The maximum Gasteiger partial charge on any atom is 0.123 e. The summed E-state index contributed by atoms with van der Waals surface area (Å²) >= 11 is 7.41. The summed E-state index contributed by atoms with van der Waals surface area (Å²) in [5.41, 5.74) is 3.25. The van der Waals surface area contributed by atoms with Gasteiger partial charge in [0.15, 0.2) is 0 Å². The zero-order valence-electron chi connectivity index (χ0n) is 11.8. The van der Waals surface area contributed by atoms with E-state index in [1.54, 1.807) is 11.3 Å². The molecule has 2 aromatic rings. The Hall–Kier alpha value is -0.940. The first-order valence-electron chi connectivity index (χ1n) is 7.10.